The third-order valence-corrected chi connectivity index (χ3v) is 6.45. The monoisotopic (exact) mass is 488 g/mol. The van der Waals surface area contributed by atoms with E-state index in [0.717, 1.165) is 57.1 Å². The molecule has 0 aliphatic heterocycles. The summed E-state index contributed by atoms with van der Waals surface area (Å²) in [4.78, 5) is 23.5. The first kappa shape index (κ1) is 27.1. The van der Waals surface area contributed by atoms with Crippen LogP contribution in [0.5, 0.6) is 11.5 Å². The molecule has 0 atom stereocenters. The maximum Gasteiger partial charge on any atom is 0.343 e. The Labute approximate surface area is 214 Å². The Morgan fingerprint density at radius 2 is 1.53 bits per heavy atom. The molecular formula is C31H36O5. The number of hydrogen-bond donors (Lipinski definition) is 0. The standard InChI is InChI=1S/C31H36O5/c1-3-9-24-10-12-25(13-11-24)26-14-20-29(21-15-26)36-31(33)27-16-18-28(19-17-27)34-22-7-5-6-8-23-35-30(32)4-2/h4,14-21,24-25H,2,5-8,10-13,22-23H2,1H3. The molecule has 0 spiro atoms. The summed E-state index contributed by atoms with van der Waals surface area (Å²) in [6, 6.07) is 14.9. The van der Waals surface area contributed by atoms with E-state index in [1.807, 2.05) is 19.1 Å². The largest absolute Gasteiger partial charge is 0.494 e. The number of carbonyl (C=O) groups excluding carboxylic acids is 2. The second-order valence-electron chi connectivity index (χ2n) is 9.06. The van der Waals surface area contributed by atoms with Gasteiger partial charge in [-0.05, 0) is 106 Å². The number of hydrogen-bond acceptors (Lipinski definition) is 5. The third-order valence-electron chi connectivity index (χ3n) is 6.45. The second-order valence-corrected chi connectivity index (χ2v) is 9.06. The van der Waals surface area contributed by atoms with Crippen LogP contribution in [-0.4, -0.2) is 25.2 Å². The fourth-order valence-corrected chi connectivity index (χ4v) is 4.42. The highest BCUT2D eigenvalue weighted by Crippen LogP contribution is 2.36. The van der Waals surface area contributed by atoms with Gasteiger partial charge in [0.15, 0.2) is 0 Å². The van der Waals surface area contributed by atoms with Crippen LogP contribution in [0.2, 0.25) is 0 Å². The van der Waals surface area contributed by atoms with E-state index >= 15 is 0 Å². The minimum atomic E-state index is -0.384. The maximum absolute atomic E-state index is 12.5. The first-order valence-corrected chi connectivity index (χ1v) is 12.9. The van der Waals surface area contributed by atoms with Crippen molar-refractivity contribution >= 4 is 11.9 Å². The molecule has 1 fully saturated rings. The summed E-state index contributed by atoms with van der Waals surface area (Å²) < 4.78 is 16.3. The third kappa shape index (κ3) is 8.92. The number of esters is 2. The number of carbonyl (C=O) groups is 2. The van der Waals surface area contributed by atoms with E-state index in [0.29, 0.717) is 36.4 Å². The lowest BCUT2D eigenvalue weighted by Crippen LogP contribution is -2.12. The van der Waals surface area contributed by atoms with E-state index < -0.39 is 0 Å². The van der Waals surface area contributed by atoms with E-state index in [9.17, 15) is 9.59 Å². The first-order chi connectivity index (χ1) is 17.6. The van der Waals surface area contributed by atoms with Crippen molar-refractivity contribution in [3.63, 3.8) is 0 Å². The van der Waals surface area contributed by atoms with Crippen LogP contribution in [0.15, 0.2) is 61.2 Å². The van der Waals surface area contributed by atoms with Crippen molar-refractivity contribution in [2.45, 2.75) is 64.2 Å². The van der Waals surface area contributed by atoms with Crippen molar-refractivity contribution in [3.05, 3.63) is 72.3 Å². The molecule has 0 heterocycles. The molecule has 1 aliphatic rings. The summed E-state index contributed by atoms with van der Waals surface area (Å²) in [6.45, 7) is 6.29. The van der Waals surface area contributed by atoms with Gasteiger partial charge in [0.2, 0.25) is 0 Å². The van der Waals surface area contributed by atoms with Gasteiger partial charge in [-0.25, -0.2) is 9.59 Å². The Bertz CT molecular complexity index is 1040. The zero-order chi connectivity index (χ0) is 25.6. The van der Waals surface area contributed by atoms with Crippen molar-refractivity contribution in [1.82, 2.24) is 0 Å². The summed E-state index contributed by atoms with van der Waals surface area (Å²) in [7, 11) is 0. The van der Waals surface area contributed by atoms with Gasteiger partial charge in [-0.3, -0.25) is 0 Å². The highest BCUT2D eigenvalue weighted by Gasteiger charge is 2.21. The van der Waals surface area contributed by atoms with Crippen LogP contribution in [0, 0.1) is 17.8 Å². The van der Waals surface area contributed by atoms with Crippen LogP contribution in [0.3, 0.4) is 0 Å². The van der Waals surface area contributed by atoms with E-state index in [2.05, 4.69) is 30.6 Å². The van der Waals surface area contributed by atoms with Gasteiger partial charge < -0.3 is 14.2 Å². The lowest BCUT2D eigenvalue weighted by atomic mass is 9.79. The van der Waals surface area contributed by atoms with Gasteiger partial charge in [-0.15, -0.1) is 11.8 Å². The smallest absolute Gasteiger partial charge is 0.343 e. The Morgan fingerprint density at radius 3 is 2.17 bits per heavy atom. The number of rotatable bonds is 12. The van der Waals surface area contributed by atoms with Crippen LogP contribution >= 0.6 is 0 Å². The van der Waals surface area contributed by atoms with Crippen molar-refractivity contribution in [3.8, 4) is 23.3 Å². The predicted octanol–water partition coefficient (Wildman–Crippen LogP) is 6.87. The lowest BCUT2D eigenvalue weighted by Gasteiger charge is -2.26. The van der Waals surface area contributed by atoms with Crippen LogP contribution in [0.25, 0.3) is 0 Å². The van der Waals surface area contributed by atoms with Crippen molar-refractivity contribution in [1.29, 1.82) is 0 Å². The van der Waals surface area contributed by atoms with Gasteiger partial charge in [0.05, 0.1) is 18.8 Å². The Morgan fingerprint density at radius 1 is 0.889 bits per heavy atom. The van der Waals surface area contributed by atoms with Crippen LogP contribution < -0.4 is 9.47 Å². The molecule has 0 radical (unpaired) electrons. The highest BCUT2D eigenvalue weighted by molar-refractivity contribution is 5.91. The molecule has 3 rings (SSSR count). The molecule has 5 nitrogen and oxygen atoms in total. The first-order valence-electron chi connectivity index (χ1n) is 12.9. The average Bonchev–Trinajstić information content (AvgIpc) is 2.91. The summed E-state index contributed by atoms with van der Waals surface area (Å²) in [6.07, 6.45) is 9.47. The van der Waals surface area contributed by atoms with Gasteiger partial charge >= 0.3 is 11.9 Å². The van der Waals surface area contributed by atoms with Crippen LogP contribution in [-0.2, 0) is 9.53 Å². The molecule has 1 aliphatic carbocycles. The minimum Gasteiger partial charge on any atom is -0.494 e. The van der Waals surface area contributed by atoms with E-state index in [4.69, 9.17) is 14.2 Å². The maximum atomic E-state index is 12.5. The zero-order valence-electron chi connectivity index (χ0n) is 21.2. The SMILES string of the molecule is C=CC(=O)OCCCCCCOc1ccc(C(=O)Oc2ccc(C3CCC(C#CC)CC3)cc2)cc1. The fraction of sp³-hybridized carbons (Fsp3) is 0.419. The number of unbranched alkanes of at least 4 members (excludes halogenated alkanes) is 3. The van der Waals surface area contributed by atoms with E-state index in [1.165, 1.54) is 11.6 Å². The molecule has 0 amide bonds. The molecule has 5 heteroatoms. The van der Waals surface area contributed by atoms with Crippen molar-refractivity contribution in [2.24, 2.45) is 5.92 Å². The van der Waals surface area contributed by atoms with Crippen molar-refractivity contribution < 1.29 is 23.8 Å². The summed E-state index contributed by atoms with van der Waals surface area (Å²) in [5.74, 6) is 7.94. The molecule has 0 bridgehead atoms. The molecular weight excluding hydrogens is 452 g/mol. The second kappa shape index (κ2) is 14.8. The van der Waals surface area contributed by atoms with Crippen LogP contribution in [0.1, 0.15) is 80.1 Å². The van der Waals surface area contributed by atoms with E-state index in [1.54, 1.807) is 24.3 Å². The lowest BCUT2D eigenvalue weighted by molar-refractivity contribution is -0.137. The van der Waals surface area contributed by atoms with Gasteiger partial charge in [0.25, 0.3) is 0 Å². The highest BCUT2D eigenvalue weighted by atomic mass is 16.5. The topological polar surface area (TPSA) is 61.8 Å². The summed E-state index contributed by atoms with van der Waals surface area (Å²) in [5.41, 5.74) is 1.78. The van der Waals surface area contributed by atoms with Crippen LogP contribution in [0.4, 0.5) is 0 Å². The Kier molecular flexibility index (Phi) is 11.1. The molecule has 36 heavy (non-hydrogen) atoms. The number of benzene rings is 2. The van der Waals surface area contributed by atoms with Gasteiger partial charge in [-0.2, -0.15) is 0 Å². The Balaban J connectivity index is 1.36. The van der Waals surface area contributed by atoms with E-state index in [-0.39, 0.29) is 11.9 Å². The molecule has 0 N–H and O–H groups in total. The molecule has 190 valence electrons. The van der Waals surface area contributed by atoms with Gasteiger partial charge in [0, 0.05) is 12.0 Å². The molecule has 0 aromatic heterocycles. The molecule has 2 aromatic carbocycles. The Hall–Kier alpha value is -3.52. The zero-order valence-corrected chi connectivity index (χ0v) is 21.2. The molecule has 2 aromatic rings. The summed E-state index contributed by atoms with van der Waals surface area (Å²) in [5, 5.41) is 0. The quantitative estimate of drug-likeness (QED) is 0.107. The minimum absolute atomic E-state index is 0.380. The van der Waals surface area contributed by atoms with Gasteiger partial charge in [0.1, 0.15) is 11.5 Å². The van der Waals surface area contributed by atoms with Crippen molar-refractivity contribution in [2.75, 3.05) is 13.2 Å². The fourth-order valence-electron chi connectivity index (χ4n) is 4.42. The summed E-state index contributed by atoms with van der Waals surface area (Å²) >= 11 is 0. The van der Waals surface area contributed by atoms with Gasteiger partial charge in [-0.1, -0.05) is 18.7 Å². The molecule has 0 saturated heterocycles. The predicted molar refractivity (Wildman–Crippen MR) is 141 cm³/mol. The number of ether oxygens (including phenoxy) is 3. The molecule has 1 saturated carbocycles. The average molecular weight is 489 g/mol. The molecule has 0 unspecified atom stereocenters. The normalized spacial score (nSPS) is 16.8.